The molecule has 2 aromatic carbocycles. The summed E-state index contributed by atoms with van der Waals surface area (Å²) in [5.74, 6) is 2.00. The van der Waals surface area contributed by atoms with Crippen LogP contribution in [0.4, 0.5) is 0 Å². The van der Waals surface area contributed by atoms with Gasteiger partial charge in [-0.1, -0.05) is 30.3 Å². The van der Waals surface area contributed by atoms with E-state index >= 15 is 0 Å². The van der Waals surface area contributed by atoms with Crippen molar-refractivity contribution in [2.45, 2.75) is 51.0 Å². The molecule has 1 aliphatic heterocycles. The first-order valence-corrected chi connectivity index (χ1v) is 10.3. The third-order valence-electron chi connectivity index (χ3n) is 5.67. The highest BCUT2D eigenvalue weighted by Gasteiger charge is 2.20. The summed E-state index contributed by atoms with van der Waals surface area (Å²) in [6, 6.07) is 17.6. The van der Waals surface area contributed by atoms with Gasteiger partial charge in [0.15, 0.2) is 0 Å². The fourth-order valence-electron chi connectivity index (χ4n) is 3.94. The van der Waals surface area contributed by atoms with Crippen molar-refractivity contribution in [1.82, 2.24) is 4.90 Å². The third kappa shape index (κ3) is 6.72. The maximum atomic E-state index is 6.15. The predicted molar refractivity (Wildman–Crippen MR) is 119 cm³/mol. The Hall–Kier alpha value is -1.71. The van der Waals surface area contributed by atoms with Gasteiger partial charge in [-0.15, -0.1) is 12.4 Å². The third-order valence-corrected chi connectivity index (χ3v) is 5.67. The normalized spacial score (nSPS) is 16.6. The number of aryl methyl sites for hydroxylation is 2. The molecule has 3 nitrogen and oxygen atoms in total. The minimum atomic E-state index is 0. The number of ether oxygens (including phenoxy) is 2. The van der Waals surface area contributed by atoms with Crippen LogP contribution in [0.1, 0.15) is 43.2 Å². The Labute approximate surface area is 176 Å². The SMILES string of the molecule is COc1ccc(CCCCc2ccccc2OCCC2CCCN2C)cc1.Cl. The summed E-state index contributed by atoms with van der Waals surface area (Å²) in [6.45, 7) is 2.05. The summed E-state index contributed by atoms with van der Waals surface area (Å²) in [5.41, 5.74) is 2.72. The number of nitrogens with zero attached hydrogens (tertiary/aromatic N) is 1. The molecule has 1 atom stereocenters. The van der Waals surface area contributed by atoms with E-state index in [1.54, 1.807) is 7.11 Å². The molecule has 0 radical (unpaired) electrons. The Morgan fingerprint density at radius 2 is 1.75 bits per heavy atom. The minimum Gasteiger partial charge on any atom is -0.497 e. The quantitative estimate of drug-likeness (QED) is 0.486. The fraction of sp³-hybridized carbons (Fsp3) is 0.500. The molecule has 0 spiro atoms. The molecule has 0 amide bonds. The van der Waals surface area contributed by atoms with Gasteiger partial charge in [-0.05, 0) is 87.9 Å². The Balaban J connectivity index is 0.00000280. The molecule has 1 aliphatic rings. The molecule has 0 bridgehead atoms. The van der Waals surface area contributed by atoms with E-state index < -0.39 is 0 Å². The van der Waals surface area contributed by atoms with Gasteiger partial charge in [0.1, 0.15) is 11.5 Å². The molecule has 154 valence electrons. The second kappa shape index (κ2) is 12.0. The molecule has 28 heavy (non-hydrogen) atoms. The molecule has 1 unspecified atom stereocenters. The maximum absolute atomic E-state index is 6.15. The highest BCUT2D eigenvalue weighted by Crippen LogP contribution is 2.23. The molecular weight excluding hydrogens is 370 g/mol. The van der Waals surface area contributed by atoms with Gasteiger partial charge in [0.2, 0.25) is 0 Å². The second-order valence-electron chi connectivity index (χ2n) is 7.58. The summed E-state index contributed by atoms with van der Waals surface area (Å²) < 4.78 is 11.4. The molecule has 0 aromatic heterocycles. The molecule has 1 heterocycles. The maximum Gasteiger partial charge on any atom is 0.122 e. The van der Waals surface area contributed by atoms with Gasteiger partial charge in [0, 0.05) is 6.04 Å². The van der Waals surface area contributed by atoms with Crippen LogP contribution < -0.4 is 9.47 Å². The lowest BCUT2D eigenvalue weighted by Crippen LogP contribution is -2.26. The number of methoxy groups -OCH3 is 1. The van der Waals surface area contributed by atoms with Crippen LogP contribution >= 0.6 is 12.4 Å². The van der Waals surface area contributed by atoms with E-state index in [9.17, 15) is 0 Å². The number of hydrogen-bond donors (Lipinski definition) is 0. The smallest absolute Gasteiger partial charge is 0.122 e. The highest BCUT2D eigenvalue weighted by molar-refractivity contribution is 5.85. The van der Waals surface area contributed by atoms with E-state index in [2.05, 4.69) is 48.3 Å². The predicted octanol–water partition coefficient (Wildman–Crippen LogP) is 5.55. The summed E-state index contributed by atoms with van der Waals surface area (Å²) >= 11 is 0. The fourth-order valence-corrected chi connectivity index (χ4v) is 3.94. The summed E-state index contributed by atoms with van der Waals surface area (Å²) in [5, 5.41) is 0. The van der Waals surface area contributed by atoms with Crippen LogP contribution in [0.25, 0.3) is 0 Å². The van der Waals surface area contributed by atoms with Crippen molar-refractivity contribution in [1.29, 1.82) is 0 Å². The number of hydrogen-bond acceptors (Lipinski definition) is 3. The topological polar surface area (TPSA) is 21.7 Å². The molecule has 2 aromatic rings. The van der Waals surface area contributed by atoms with E-state index in [-0.39, 0.29) is 12.4 Å². The van der Waals surface area contributed by atoms with Crippen LogP contribution in [0.15, 0.2) is 48.5 Å². The molecule has 0 N–H and O–H groups in total. The molecule has 0 aliphatic carbocycles. The van der Waals surface area contributed by atoms with Crippen LogP contribution in [0, 0.1) is 0 Å². The summed E-state index contributed by atoms with van der Waals surface area (Å²) in [7, 11) is 3.94. The van der Waals surface area contributed by atoms with Crippen molar-refractivity contribution in [3.05, 3.63) is 59.7 Å². The van der Waals surface area contributed by atoms with E-state index in [0.29, 0.717) is 6.04 Å². The van der Waals surface area contributed by atoms with Gasteiger partial charge in [0.25, 0.3) is 0 Å². The monoisotopic (exact) mass is 403 g/mol. The van der Waals surface area contributed by atoms with Crippen LogP contribution in [-0.4, -0.2) is 38.3 Å². The van der Waals surface area contributed by atoms with Crippen molar-refractivity contribution in [3.8, 4) is 11.5 Å². The number of para-hydroxylation sites is 1. The molecule has 1 fully saturated rings. The molecule has 0 saturated carbocycles. The Morgan fingerprint density at radius 3 is 2.46 bits per heavy atom. The number of rotatable bonds is 10. The summed E-state index contributed by atoms with van der Waals surface area (Å²) in [6.07, 6.45) is 8.32. The van der Waals surface area contributed by atoms with Crippen molar-refractivity contribution in [2.75, 3.05) is 27.3 Å². The molecular formula is C24H34ClNO2. The van der Waals surface area contributed by atoms with Crippen molar-refractivity contribution < 1.29 is 9.47 Å². The number of unbranched alkanes of at least 4 members (excludes halogenated alkanes) is 1. The van der Waals surface area contributed by atoms with Gasteiger partial charge in [-0.3, -0.25) is 0 Å². The minimum absolute atomic E-state index is 0. The standard InChI is InChI=1S/C24H33NO2.ClH/c1-25-18-7-11-22(25)17-19-27-24-12-6-5-10-21(24)9-4-3-8-20-13-15-23(26-2)16-14-20;/h5-6,10,12-16,22H,3-4,7-9,11,17-19H2,1-2H3;1H. The first-order chi connectivity index (χ1) is 13.3. The molecule has 4 heteroatoms. The van der Waals surface area contributed by atoms with Crippen molar-refractivity contribution >= 4 is 12.4 Å². The van der Waals surface area contributed by atoms with E-state index in [1.165, 1.54) is 43.4 Å². The van der Waals surface area contributed by atoms with Crippen LogP contribution in [-0.2, 0) is 12.8 Å². The van der Waals surface area contributed by atoms with E-state index in [0.717, 1.165) is 37.4 Å². The second-order valence-corrected chi connectivity index (χ2v) is 7.58. The Morgan fingerprint density at radius 1 is 1.00 bits per heavy atom. The number of halogens is 1. The first-order valence-electron chi connectivity index (χ1n) is 10.3. The van der Waals surface area contributed by atoms with Gasteiger partial charge >= 0.3 is 0 Å². The van der Waals surface area contributed by atoms with Gasteiger partial charge in [-0.2, -0.15) is 0 Å². The average molecular weight is 404 g/mol. The lowest BCUT2D eigenvalue weighted by molar-refractivity contribution is 0.232. The van der Waals surface area contributed by atoms with Gasteiger partial charge in [0.05, 0.1) is 13.7 Å². The Kier molecular flexibility index (Phi) is 9.66. The van der Waals surface area contributed by atoms with Crippen LogP contribution in [0.3, 0.4) is 0 Å². The molecule has 3 rings (SSSR count). The van der Waals surface area contributed by atoms with Crippen LogP contribution in [0.5, 0.6) is 11.5 Å². The zero-order valence-corrected chi connectivity index (χ0v) is 18.0. The summed E-state index contributed by atoms with van der Waals surface area (Å²) in [4.78, 5) is 2.47. The van der Waals surface area contributed by atoms with Crippen LogP contribution in [0.2, 0.25) is 0 Å². The largest absolute Gasteiger partial charge is 0.497 e. The zero-order valence-electron chi connectivity index (χ0n) is 17.2. The highest BCUT2D eigenvalue weighted by atomic mass is 35.5. The van der Waals surface area contributed by atoms with E-state index in [4.69, 9.17) is 9.47 Å². The van der Waals surface area contributed by atoms with Crippen molar-refractivity contribution in [2.24, 2.45) is 0 Å². The Bertz CT molecular complexity index is 689. The van der Waals surface area contributed by atoms with Crippen molar-refractivity contribution in [3.63, 3.8) is 0 Å². The first kappa shape index (κ1) is 22.6. The number of benzene rings is 2. The molecule has 1 saturated heterocycles. The lowest BCUT2D eigenvalue weighted by Gasteiger charge is -2.20. The van der Waals surface area contributed by atoms with E-state index in [1.807, 2.05) is 12.1 Å². The zero-order chi connectivity index (χ0) is 18.9. The average Bonchev–Trinajstić information content (AvgIpc) is 3.11. The lowest BCUT2D eigenvalue weighted by atomic mass is 10.0. The van der Waals surface area contributed by atoms with Gasteiger partial charge < -0.3 is 14.4 Å². The number of likely N-dealkylation sites (tertiary alicyclic amines) is 1. The van der Waals surface area contributed by atoms with Gasteiger partial charge in [-0.25, -0.2) is 0 Å².